The van der Waals surface area contributed by atoms with Gasteiger partial charge in [0.2, 0.25) is 5.95 Å². The highest BCUT2D eigenvalue weighted by molar-refractivity contribution is 6.35. The van der Waals surface area contributed by atoms with Gasteiger partial charge in [0.05, 0.1) is 32.2 Å². The van der Waals surface area contributed by atoms with E-state index in [4.69, 9.17) is 37.8 Å². The summed E-state index contributed by atoms with van der Waals surface area (Å²) in [6.45, 7) is 5.79. The molecule has 0 aliphatic carbocycles. The zero-order chi connectivity index (χ0) is 19.8. The Morgan fingerprint density at radius 2 is 1.68 bits per heavy atom. The summed E-state index contributed by atoms with van der Waals surface area (Å²) in [5.41, 5.74) is 0.744. The fourth-order valence-corrected chi connectivity index (χ4v) is 3.41. The summed E-state index contributed by atoms with van der Waals surface area (Å²) in [5.74, 6) is 1.26. The van der Waals surface area contributed by atoms with Crippen LogP contribution in [0.15, 0.2) is 30.6 Å². The van der Waals surface area contributed by atoms with E-state index >= 15 is 0 Å². The molecule has 0 radical (unpaired) electrons. The molecule has 9 heteroatoms. The Balaban J connectivity index is 1.46. The van der Waals surface area contributed by atoms with E-state index < -0.39 is 0 Å². The summed E-state index contributed by atoms with van der Waals surface area (Å²) < 4.78 is 11.0. The zero-order valence-corrected chi connectivity index (χ0v) is 17.1. The lowest BCUT2D eigenvalue weighted by molar-refractivity contribution is 0.0724. The average molecular weight is 427 g/mol. The third-order valence-corrected chi connectivity index (χ3v) is 5.21. The molecule has 0 bridgehead atoms. The summed E-state index contributed by atoms with van der Waals surface area (Å²) in [4.78, 5) is 13.3. The van der Waals surface area contributed by atoms with Crippen LogP contribution in [0.3, 0.4) is 0 Å². The molecule has 3 rings (SSSR count). The third-order valence-electron chi connectivity index (χ3n) is 4.50. The number of piperazine rings is 1. The Morgan fingerprint density at radius 1 is 1.00 bits per heavy atom. The molecule has 1 aromatic carbocycles. The highest BCUT2D eigenvalue weighted by Gasteiger charge is 2.18. The molecule has 1 aliphatic heterocycles. The van der Waals surface area contributed by atoms with Gasteiger partial charge in [-0.2, -0.15) is 0 Å². The van der Waals surface area contributed by atoms with E-state index in [1.54, 1.807) is 30.6 Å². The van der Waals surface area contributed by atoms with Crippen LogP contribution in [0, 0.1) is 0 Å². The first kappa shape index (κ1) is 21.1. The first-order valence-electron chi connectivity index (χ1n) is 9.21. The predicted octanol–water partition coefficient (Wildman–Crippen LogP) is 2.49. The van der Waals surface area contributed by atoms with Crippen molar-refractivity contribution in [1.82, 2.24) is 14.9 Å². The van der Waals surface area contributed by atoms with Crippen molar-refractivity contribution in [3.63, 3.8) is 0 Å². The maximum atomic E-state index is 8.72. The maximum absolute atomic E-state index is 8.72. The van der Waals surface area contributed by atoms with E-state index in [9.17, 15) is 0 Å². The number of aliphatic hydroxyl groups is 1. The van der Waals surface area contributed by atoms with Crippen molar-refractivity contribution >= 4 is 29.2 Å². The fraction of sp³-hybridized carbons (Fsp3) is 0.474. The Bertz CT molecular complexity index is 720. The van der Waals surface area contributed by atoms with E-state index in [0.29, 0.717) is 35.0 Å². The van der Waals surface area contributed by atoms with Gasteiger partial charge in [0.25, 0.3) is 0 Å². The molecule has 28 heavy (non-hydrogen) atoms. The van der Waals surface area contributed by atoms with Crippen LogP contribution < -0.4 is 9.64 Å². The first-order valence-corrected chi connectivity index (χ1v) is 9.96. The van der Waals surface area contributed by atoms with E-state index in [1.807, 2.05) is 0 Å². The monoisotopic (exact) mass is 426 g/mol. The number of benzene rings is 1. The standard InChI is InChI=1S/C19H24Cl2N4O3/c20-17-2-1-3-18(21)16(17)14-28-15-12-22-19(23-13-15)25-6-4-24(5-7-25)8-10-27-11-9-26/h1-3,12-13,26H,4-11,14H2. The number of ether oxygens (including phenoxy) is 2. The van der Waals surface area contributed by atoms with Crippen molar-refractivity contribution in [3.05, 3.63) is 46.2 Å². The van der Waals surface area contributed by atoms with E-state index in [2.05, 4.69) is 19.8 Å². The van der Waals surface area contributed by atoms with Gasteiger partial charge in [0, 0.05) is 48.3 Å². The van der Waals surface area contributed by atoms with Crippen molar-refractivity contribution in [2.45, 2.75) is 6.61 Å². The van der Waals surface area contributed by atoms with Gasteiger partial charge >= 0.3 is 0 Å². The van der Waals surface area contributed by atoms with Crippen molar-refractivity contribution in [2.24, 2.45) is 0 Å². The van der Waals surface area contributed by atoms with E-state index in [1.165, 1.54) is 0 Å². The topological polar surface area (TPSA) is 71.0 Å². The lowest BCUT2D eigenvalue weighted by Crippen LogP contribution is -2.47. The van der Waals surface area contributed by atoms with Crippen molar-refractivity contribution in [2.75, 3.05) is 57.4 Å². The van der Waals surface area contributed by atoms with Gasteiger partial charge in [-0.25, -0.2) is 9.97 Å². The van der Waals surface area contributed by atoms with Crippen LogP contribution in [-0.2, 0) is 11.3 Å². The molecule has 1 aliphatic rings. The van der Waals surface area contributed by atoms with E-state index in [-0.39, 0.29) is 13.2 Å². The van der Waals surface area contributed by atoms with Gasteiger partial charge in [0.1, 0.15) is 6.61 Å². The quantitative estimate of drug-likeness (QED) is 0.617. The van der Waals surface area contributed by atoms with Gasteiger partial charge in [-0.1, -0.05) is 29.3 Å². The summed E-state index contributed by atoms with van der Waals surface area (Å²) in [6.07, 6.45) is 3.34. The molecule has 0 spiro atoms. The molecular formula is C19H24Cl2N4O3. The molecule has 7 nitrogen and oxygen atoms in total. The van der Waals surface area contributed by atoms with Gasteiger partial charge < -0.3 is 19.5 Å². The maximum Gasteiger partial charge on any atom is 0.225 e. The number of hydrogen-bond donors (Lipinski definition) is 1. The summed E-state index contributed by atoms with van der Waals surface area (Å²) >= 11 is 12.3. The van der Waals surface area contributed by atoms with Crippen LogP contribution in [0.25, 0.3) is 0 Å². The number of rotatable bonds is 9. The highest BCUT2D eigenvalue weighted by Crippen LogP contribution is 2.25. The Hall–Kier alpha value is -1.64. The van der Waals surface area contributed by atoms with Crippen LogP contribution in [0.5, 0.6) is 5.75 Å². The van der Waals surface area contributed by atoms with Crippen LogP contribution >= 0.6 is 23.2 Å². The number of halogens is 2. The minimum Gasteiger partial charge on any atom is -0.486 e. The second-order valence-electron chi connectivity index (χ2n) is 6.37. The molecule has 1 saturated heterocycles. The number of aliphatic hydroxyl groups excluding tert-OH is 1. The van der Waals surface area contributed by atoms with Crippen LogP contribution in [0.1, 0.15) is 5.56 Å². The first-order chi connectivity index (χ1) is 13.7. The normalized spacial score (nSPS) is 15.0. The Labute approximate surface area is 174 Å². The number of aromatic nitrogens is 2. The predicted molar refractivity (Wildman–Crippen MR) is 109 cm³/mol. The molecular weight excluding hydrogens is 403 g/mol. The molecule has 2 aromatic rings. The molecule has 152 valence electrons. The summed E-state index contributed by atoms with van der Waals surface area (Å²) in [5, 5.41) is 9.87. The summed E-state index contributed by atoms with van der Waals surface area (Å²) in [6, 6.07) is 5.36. The van der Waals surface area contributed by atoms with Crippen LogP contribution in [0.4, 0.5) is 5.95 Å². The minimum absolute atomic E-state index is 0.0657. The van der Waals surface area contributed by atoms with Crippen LogP contribution in [-0.4, -0.2) is 72.5 Å². The molecule has 1 N–H and O–H groups in total. The van der Waals surface area contributed by atoms with Crippen molar-refractivity contribution in [3.8, 4) is 5.75 Å². The molecule has 2 heterocycles. The molecule has 0 saturated carbocycles. The number of hydrogen-bond acceptors (Lipinski definition) is 7. The molecule has 0 unspecified atom stereocenters. The molecule has 1 aromatic heterocycles. The van der Waals surface area contributed by atoms with Gasteiger partial charge in [-0.05, 0) is 12.1 Å². The third kappa shape index (κ3) is 5.93. The Kier molecular flexibility index (Phi) is 8.12. The largest absolute Gasteiger partial charge is 0.486 e. The van der Waals surface area contributed by atoms with Crippen molar-refractivity contribution in [1.29, 1.82) is 0 Å². The van der Waals surface area contributed by atoms with Gasteiger partial charge in [-0.3, -0.25) is 4.90 Å². The summed E-state index contributed by atoms with van der Waals surface area (Å²) in [7, 11) is 0. The van der Waals surface area contributed by atoms with Gasteiger partial charge in [-0.15, -0.1) is 0 Å². The van der Waals surface area contributed by atoms with E-state index in [0.717, 1.165) is 38.3 Å². The lowest BCUT2D eigenvalue weighted by Gasteiger charge is -2.34. The fourth-order valence-electron chi connectivity index (χ4n) is 2.90. The number of anilines is 1. The zero-order valence-electron chi connectivity index (χ0n) is 15.6. The molecule has 0 atom stereocenters. The number of nitrogens with zero attached hydrogens (tertiary/aromatic N) is 4. The second kappa shape index (κ2) is 10.8. The van der Waals surface area contributed by atoms with Crippen LogP contribution in [0.2, 0.25) is 10.0 Å². The second-order valence-corrected chi connectivity index (χ2v) is 7.19. The molecule has 0 amide bonds. The molecule has 1 fully saturated rings. The van der Waals surface area contributed by atoms with Crippen molar-refractivity contribution < 1.29 is 14.6 Å². The minimum atomic E-state index is 0.0657. The smallest absolute Gasteiger partial charge is 0.225 e. The van der Waals surface area contributed by atoms with Gasteiger partial charge in [0.15, 0.2) is 5.75 Å². The average Bonchev–Trinajstić information content (AvgIpc) is 2.72. The highest BCUT2D eigenvalue weighted by atomic mass is 35.5. The SMILES string of the molecule is OCCOCCN1CCN(c2ncc(OCc3c(Cl)cccc3Cl)cn2)CC1. The Morgan fingerprint density at radius 3 is 2.32 bits per heavy atom. The lowest BCUT2D eigenvalue weighted by atomic mass is 10.2.